The molecule has 13 atom stereocenters. The molecule has 4 rings (SSSR count). The van der Waals surface area contributed by atoms with E-state index in [4.69, 9.17) is 20.1 Å². The van der Waals surface area contributed by atoms with Crippen LogP contribution in [0, 0.1) is 17.8 Å². The van der Waals surface area contributed by atoms with Crippen LogP contribution in [0.2, 0.25) is 0 Å². The van der Waals surface area contributed by atoms with E-state index in [-0.39, 0.29) is 73.6 Å². The molecule has 1 aromatic rings. The number of ether oxygens (including phenoxy) is 3. The lowest BCUT2D eigenvalue weighted by molar-refractivity contribution is -0.303. The number of nitrogens with one attached hydrogen (secondary N) is 6. The maximum Gasteiger partial charge on any atom is 0.407 e. The minimum atomic E-state index is -1.67. The minimum absolute atomic E-state index is 0.0940. The number of carbonyl (C=O) groups excluding carboxylic acids is 5. The van der Waals surface area contributed by atoms with Gasteiger partial charge in [0.1, 0.15) is 31.0 Å². The number of Topliss-reactive ketones (excluding diaryl/α,β-unsaturated/α-hetero) is 1. The highest BCUT2D eigenvalue weighted by molar-refractivity contribution is 8.00. The van der Waals surface area contributed by atoms with Gasteiger partial charge in [-0.15, -0.1) is 0 Å². The van der Waals surface area contributed by atoms with Crippen molar-refractivity contribution in [3.63, 3.8) is 0 Å². The normalized spacial score (nSPS) is 24.3. The number of benzene rings is 1. The zero-order valence-corrected chi connectivity index (χ0v) is 45.9. The van der Waals surface area contributed by atoms with E-state index in [1.807, 2.05) is 32.5 Å². The van der Waals surface area contributed by atoms with Crippen molar-refractivity contribution in [2.45, 2.75) is 229 Å². The summed E-state index contributed by atoms with van der Waals surface area (Å²) in [6, 6.07) is 4.94. The van der Waals surface area contributed by atoms with E-state index in [2.05, 4.69) is 38.9 Å². The van der Waals surface area contributed by atoms with Crippen LogP contribution in [-0.2, 0) is 35.2 Å². The first-order valence-electron chi connectivity index (χ1n) is 27.9. The Hall–Kier alpha value is -3.64. The Kier molecular flexibility index (Phi) is 29.8. The molecule has 3 aliphatic heterocycles. The van der Waals surface area contributed by atoms with Crippen LogP contribution in [0.4, 0.5) is 15.3 Å². The SMILES string of the molecule is CCCCCCCCCCCCCC[C@@H](C)[C@@H](O)[C@H](CO[C@H]1OC(CO)[C@H](O)[C@H](O)C1O)NC(=O)OCc1ccc(NC(=O)[C@H](CCCNN)CC(=O)[C@@H](NC(=O)CCCC[C@@H]2SC[C@@H]3NC(=O)N[C@@H]32)C(C)C)cc1. The van der Waals surface area contributed by atoms with Crippen LogP contribution in [0.15, 0.2) is 24.3 Å². The van der Waals surface area contributed by atoms with Gasteiger partial charge < -0.3 is 66.3 Å². The van der Waals surface area contributed by atoms with Gasteiger partial charge in [0.2, 0.25) is 11.8 Å². The highest BCUT2D eigenvalue weighted by Gasteiger charge is 2.45. The molecule has 3 saturated heterocycles. The Morgan fingerprint density at radius 1 is 0.840 bits per heavy atom. The number of rotatable bonds is 38. The predicted octanol–water partition coefficient (Wildman–Crippen LogP) is 4.81. The number of hydrogen-bond donors (Lipinski definition) is 12. The van der Waals surface area contributed by atoms with Gasteiger partial charge in [-0.2, -0.15) is 11.8 Å². The van der Waals surface area contributed by atoms with Crippen LogP contribution in [0.3, 0.4) is 0 Å². The fourth-order valence-electron chi connectivity index (χ4n) is 10.1. The standard InChI is InChI=1S/C54H93N7O13S/c1-5-6-7-8-9-10-11-12-13-14-15-16-20-35(4)47(65)39(32-72-52-50(68)49(67)48(66)42(30-62)74-52)59-54(71)73-31-36-24-26-38(27-25-36)57-51(69)37(21-19-28-56-55)29-41(63)45(34(2)3)60-44(64)23-18-17-22-43-46-40(33-75-43)58-53(70)61-46/h24-27,34-35,37,39-40,42-43,45-50,52,56,62,65-68H,5-23,28-33,55H2,1-4H3,(H,57,69)(H,59,71)(H,60,64)(H2,58,61,70)/t35-,37-,39+,40+,42?,43+,45+,46+,47-,48+,49+,50?,52+/m1/s1. The van der Waals surface area contributed by atoms with Gasteiger partial charge in [-0.25, -0.2) is 9.59 Å². The van der Waals surface area contributed by atoms with Gasteiger partial charge in [0.25, 0.3) is 0 Å². The number of alkyl carbamates (subject to hydrolysis) is 1. The van der Waals surface area contributed by atoms with Crippen LogP contribution in [0.1, 0.15) is 162 Å². The highest BCUT2D eigenvalue weighted by Crippen LogP contribution is 2.33. The summed E-state index contributed by atoms with van der Waals surface area (Å²) in [7, 11) is 0. The smallest absolute Gasteiger partial charge is 0.407 e. The molecule has 3 aliphatic rings. The number of nitrogens with two attached hydrogens (primary N) is 1. The quantitative estimate of drug-likeness (QED) is 0.0183. The second-order valence-corrected chi connectivity index (χ2v) is 22.6. The number of hydrogen-bond acceptors (Lipinski definition) is 16. The van der Waals surface area contributed by atoms with Crippen molar-refractivity contribution in [3.05, 3.63) is 29.8 Å². The monoisotopic (exact) mass is 1080 g/mol. The van der Waals surface area contributed by atoms with Crippen molar-refractivity contribution in [1.29, 1.82) is 0 Å². The summed E-state index contributed by atoms with van der Waals surface area (Å²) in [5, 5.41) is 67.1. The highest BCUT2D eigenvalue weighted by atomic mass is 32.2. The molecule has 0 aliphatic carbocycles. The largest absolute Gasteiger partial charge is 0.445 e. The first-order chi connectivity index (χ1) is 36.1. The third kappa shape index (κ3) is 22.3. The molecule has 3 heterocycles. The topological polar surface area (TPSA) is 312 Å². The number of amides is 5. The second-order valence-electron chi connectivity index (χ2n) is 21.3. The van der Waals surface area contributed by atoms with Gasteiger partial charge in [-0.1, -0.05) is 123 Å². The number of hydrazine groups is 1. The van der Waals surface area contributed by atoms with Crippen molar-refractivity contribution in [1.82, 2.24) is 26.7 Å². The zero-order chi connectivity index (χ0) is 54.7. The molecule has 0 spiro atoms. The molecule has 1 aromatic carbocycles. The molecule has 75 heavy (non-hydrogen) atoms. The van der Waals surface area contributed by atoms with E-state index in [0.29, 0.717) is 48.7 Å². The predicted molar refractivity (Wildman–Crippen MR) is 288 cm³/mol. The summed E-state index contributed by atoms with van der Waals surface area (Å²) in [4.78, 5) is 65.6. The van der Waals surface area contributed by atoms with E-state index in [1.165, 1.54) is 51.4 Å². The zero-order valence-electron chi connectivity index (χ0n) is 45.1. The summed E-state index contributed by atoms with van der Waals surface area (Å²) in [5.74, 6) is 4.35. The van der Waals surface area contributed by atoms with Crippen molar-refractivity contribution in [2.75, 3.05) is 30.8 Å². The number of aliphatic hydroxyl groups excluding tert-OH is 5. The molecule has 3 fully saturated rings. The molecular weight excluding hydrogens is 987 g/mol. The average molecular weight is 1080 g/mol. The van der Waals surface area contributed by atoms with Gasteiger partial charge >= 0.3 is 12.1 Å². The number of fused-ring (bicyclic) bond motifs is 1. The molecule has 20 nitrogen and oxygen atoms in total. The fourth-order valence-corrected chi connectivity index (χ4v) is 11.6. The number of unbranched alkanes of at least 4 members (excludes halogenated alkanes) is 12. The molecule has 5 amide bonds. The number of aliphatic hydroxyl groups is 5. The summed E-state index contributed by atoms with van der Waals surface area (Å²) in [5.41, 5.74) is 3.62. The number of urea groups is 1. The average Bonchev–Trinajstić information content (AvgIpc) is 3.95. The second kappa shape index (κ2) is 35.0. The van der Waals surface area contributed by atoms with Crippen LogP contribution in [0.5, 0.6) is 0 Å². The molecule has 13 N–H and O–H groups in total. The first kappa shape index (κ1) is 63.9. The number of carbonyl (C=O) groups is 5. The van der Waals surface area contributed by atoms with Gasteiger partial charge in [-0.3, -0.25) is 25.7 Å². The van der Waals surface area contributed by atoms with E-state index in [9.17, 15) is 49.5 Å². The van der Waals surface area contributed by atoms with Crippen LogP contribution in [0.25, 0.3) is 0 Å². The van der Waals surface area contributed by atoms with E-state index in [0.717, 1.165) is 44.3 Å². The van der Waals surface area contributed by atoms with Gasteiger partial charge in [-0.05, 0) is 61.6 Å². The van der Waals surface area contributed by atoms with Crippen molar-refractivity contribution in [2.24, 2.45) is 23.6 Å². The Morgan fingerprint density at radius 3 is 2.15 bits per heavy atom. The first-order valence-corrected chi connectivity index (χ1v) is 29.0. The Labute approximate surface area is 449 Å². The Balaban J connectivity index is 1.26. The summed E-state index contributed by atoms with van der Waals surface area (Å²) in [6.45, 7) is 7.07. The number of ketones is 1. The molecule has 21 heteroatoms. The molecular formula is C54H93N7O13S. The maximum absolute atomic E-state index is 13.8. The minimum Gasteiger partial charge on any atom is -0.445 e. The molecule has 0 saturated carbocycles. The molecule has 0 aromatic heterocycles. The Bertz CT molecular complexity index is 1840. The number of thioether (sulfide) groups is 1. The van der Waals surface area contributed by atoms with Crippen molar-refractivity contribution < 1.29 is 63.7 Å². The van der Waals surface area contributed by atoms with Crippen LogP contribution in [-0.4, -0.2) is 147 Å². The molecule has 0 radical (unpaired) electrons. The van der Waals surface area contributed by atoms with E-state index in [1.54, 1.807) is 24.3 Å². The molecule has 0 bridgehead atoms. The third-order valence-electron chi connectivity index (χ3n) is 14.8. The van der Waals surface area contributed by atoms with E-state index < -0.39 is 67.5 Å². The summed E-state index contributed by atoms with van der Waals surface area (Å²) >= 11 is 1.83. The lowest BCUT2D eigenvalue weighted by atomic mass is 9.89. The van der Waals surface area contributed by atoms with E-state index >= 15 is 0 Å². The summed E-state index contributed by atoms with van der Waals surface area (Å²) in [6.07, 6.45) is 8.88. The van der Waals surface area contributed by atoms with Gasteiger partial charge in [0, 0.05) is 42.0 Å². The fraction of sp³-hybridized carbons (Fsp3) is 0.796. The maximum atomic E-state index is 13.8. The van der Waals surface area contributed by atoms with Crippen LogP contribution < -0.4 is 37.9 Å². The summed E-state index contributed by atoms with van der Waals surface area (Å²) < 4.78 is 16.8. The van der Waals surface area contributed by atoms with Gasteiger partial charge in [0.15, 0.2) is 12.1 Å². The third-order valence-corrected chi connectivity index (χ3v) is 16.3. The lowest BCUT2D eigenvalue weighted by Crippen LogP contribution is -2.60. The van der Waals surface area contributed by atoms with Crippen molar-refractivity contribution >= 4 is 47.2 Å². The van der Waals surface area contributed by atoms with Gasteiger partial charge in [0.05, 0.1) is 43.5 Å². The lowest BCUT2D eigenvalue weighted by Gasteiger charge is -2.40. The molecule has 2 unspecified atom stereocenters. The number of anilines is 1. The van der Waals surface area contributed by atoms with Crippen molar-refractivity contribution in [3.8, 4) is 0 Å². The Morgan fingerprint density at radius 2 is 1.51 bits per heavy atom. The molecule has 428 valence electrons. The van der Waals surface area contributed by atoms with Crippen LogP contribution >= 0.6 is 11.8 Å².